The van der Waals surface area contributed by atoms with Crippen molar-refractivity contribution in [2.24, 2.45) is 0 Å². The zero-order chi connectivity index (χ0) is 16.0. The molecule has 1 aliphatic rings. The Kier molecular flexibility index (Phi) is 2.89. The van der Waals surface area contributed by atoms with Gasteiger partial charge < -0.3 is 20.7 Å². The second-order valence-electron chi connectivity index (χ2n) is 5.25. The number of alkyl carbamates (subject to hydrolysis) is 1. The highest BCUT2D eigenvalue weighted by atomic mass is 16.6. The van der Waals surface area contributed by atoms with Crippen LogP contribution in [-0.2, 0) is 4.74 Å². The molecule has 10 heteroatoms. The molecule has 0 radical (unpaired) electrons. The number of carbonyl (C=O) groups excluding carboxylic acids is 1. The molecular weight excluding hydrogens is 300 g/mol. The summed E-state index contributed by atoms with van der Waals surface area (Å²) in [6, 6.07) is 1.78. The maximum absolute atomic E-state index is 11.2. The van der Waals surface area contributed by atoms with Crippen LogP contribution in [0.1, 0.15) is 0 Å². The number of hydrogen-bond donors (Lipinski definition) is 2. The SMILES string of the molecule is CNC(=O)OC1CN(c2nc3ncc(N)cc3n3cnnc23)C1. The quantitative estimate of drug-likeness (QED) is 0.666. The third kappa shape index (κ3) is 2.15. The highest BCUT2D eigenvalue weighted by molar-refractivity contribution is 5.82. The summed E-state index contributed by atoms with van der Waals surface area (Å²) < 4.78 is 6.99. The molecule has 0 unspecified atom stereocenters. The second kappa shape index (κ2) is 4.93. The lowest BCUT2D eigenvalue weighted by Crippen LogP contribution is -2.54. The second-order valence-corrected chi connectivity index (χ2v) is 5.25. The molecule has 0 aromatic carbocycles. The molecule has 1 fully saturated rings. The number of anilines is 2. The molecule has 1 aliphatic heterocycles. The molecule has 0 atom stereocenters. The van der Waals surface area contributed by atoms with E-state index in [1.165, 1.54) is 7.05 Å². The number of rotatable bonds is 2. The van der Waals surface area contributed by atoms with Crippen LogP contribution in [0.2, 0.25) is 0 Å². The van der Waals surface area contributed by atoms with Crippen LogP contribution in [0.15, 0.2) is 18.6 Å². The van der Waals surface area contributed by atoms with Crippen LogP contribution in [0.5, 0.6) is 0 Å². The van der Waals surface area contributed by atoms with Crippen LogP contribution in [-0.4, -0.2) is 56.9 Å². The first-order valence-electron chi connectivity index (χ1n) is 7.04. The molecule has 0 saturated carbocycles. The Hall–Kier alpha value is -3.17. The van der Waals surface area contributed by atoms with Crippen molar-refractivity contribution in [3.63, 3.8) is 0 Å². The maximum Gasteiger partial charge on any atom is 0.407 e. The van der Waals surface area contributed by atoms with Crippen LogP contribution >= 0.6 is 0 Å². The van der Waals surface area contributed by atoms with E-state index < -0.39 is 6.09 Å². The molecule has 1 amide bonds. The van der Waals surface area contributed by atoms with Crippen LogP contribution < -0.4 is 16.0 Å². The first-order chi connectivity index (χ1) is 11.2. The van der Waals surface area contributed by atoms with E-state index in [1.54, 1.807) is 23.0 Å². The number of nitrogens with zero attached hydrogens (tertiary/aromatic N) is 6. The average molecular weight is 314 g/mol. The van der Waals surface area contributed by atoms with Crippen molar-refractivity contribution >= 4 is 34.4 Å². The van der Waals surface area contributed by atoms with E-state index in [-0.39, 0.29) is 6.10 Å². The fraction of sp³-hybridized carbons (Fsp3) is 0.308. The minimum absolute atomic E-state index is 0.171. The van der Waals surface area contributed by atoms with Gasteiger partial charge in [0, 0.05) is 7.05 Å². The zero-order valence-corrected chi connectivity index (χ0v) is 12.3. The maximum atomic E-state index is 11.2. The topological polar surface area (TPSA) is 124 Å². The molecule has 118 valence electrons. The monoisotopic (exact) mass is 314 g/mol. The van der Waals surface area contributed by atoms with Gasteiger partial charge in [0.2, 0.25) is 5.65 Å². The minimum Gasteiger partial charge on any atom is -0.442 e. The third-order valence-electron chi connectivity index (χ3n) is 3.71. The Morgan fingerprint density at radius 3 is 3.09 bits per heavy atom. The predicted molar refractivity (Wildman–Crippen MR) is 82.0 cm³/mol. The van der Waals surface area contributed by atoms with Crippen molar-refractivity contribution in [3.8, 4) is 0 Å². The van der Waals surface area contributed by atoms with E-state index in [9.17, 15) is 4.79 Å². The third-order valence-corrected chi connectivity index (χ3v) is 3.71. The van der Waals surface area contributed by atoms with E-state index in [2.05, 4.69) is 25.5 Å². The molecule has 3 aromatic heterocycles. The van der Waals surface area contributed by atoms with Gasteiger partial charge in [-0.25, -0.2) is 14.8 Å². The van der Waals surface area contributed by atoms with Gasteiger partial charge in [-0.1, -0.05) is 0 Å². The Bertz CT molecular complexity index is 902. The summed E-state index contributed by atoms with van der Waals surface area (Å²) in [4.78, 5) is 22.0. The van der Waals surface area contributed by atoms with Crippen LogP contribution in [0.3, 0.4) is 0 Å². The van der Waals surface area contributed by atoms with Gasteiger partial charge in [-0.2, -0.15) is 0 Å². The molecule has 3 aromatic rings. The summed E-state index contributed by atoms with van der Waals surface area (Å²) in [5, 5.41) is 10.5. The van der Waals surface area contributed by atoms with E-state index in [0.29, 0.717) is 35.9 Å². The number of nitrogens with one attached hydrogen (secondary N) is 1. The molecule has 10 nitrogen and oxygen atoms in total. The number of hydrogen-bond acceptors (Lipinski definition) is 8. The van der Waals surface area contributed by atoms with Gasteiger partial charge in [-0.15, -0.1) is 10.2 Å². The zero-order valence-electron chi connectivity index (χ0n) is 12.3. The summed E-state index contributed by atoms with van der Waals surface area (Å²) in [7, 11) is 1.53. The van der Waals surface area contributed by atoms with Crippen molar-refractivity contribution < 1.29 is 9.53 Å². The lowest BCUT2D eigenvalue weighted by atomic mass is 10.1. The van der Waals surface area contributed by atoms with Crippen molar-refractivity contribution in [1.82, 2.24) is 29.9 Å². The fourth-order valence-electron chi connectivity index (χ4n) is 2.55. The number of nitrogen functional groups attached to an aromatic ring is 1. The number of fused-ring (bicyclic) bond motifs is 3. The summed E-state index contributed by atoms with van der Waals surface area (Å²) >= 11 is 0. The Labute approximate surface area is 130 Å². The number of amides is 1. The van der Waals surface area contributed by atoms with E-state index in [1.807, 2.05) is 4.90 Å². The smallest absolute Gasteiger partial charge is 0.407 e. The van der Waals surface area contributed by atoms with E-state index in [4.69, 9.17) is 10.5 Å². The van der Waals surface area contributed by atoms with Gasteiger partial charge in [0.15, 0.2) is 11.5 Å². The summed E-state index contributed by atoms with van der Waals surface area (Å²) in [5.74, 6) is 0.657. The molecule has 23 heavy (non-hydrogen) atoms. The largest absolute Gasteiger partial charge is 0.442 e. The van der Waals surface area contributed by atoms with Gasteiger partial charge in [-0.05, 0) is 6.07 Å². The highest BCUT2D eigenvalue weighted by Crippen LogP contribution is 2.27. The van der Waals surface area contributed by atoms with Gasteiger partial charge in [0.1, 0.15) is 12.4 Å². The van der Waals surface area contributed by atoms with E-state index >= 15 is 0 Å². The molecule has 4 heterocycles. The van der Waals surface area contributed by atoms with Gasteiger partial charge in [-0.3, -0.25) is 4.40 Å². The summed E-state index contributed by atoms with van der Waals surface area (Å²) in [5.41, 5.74) is 8.24. The average Bonchev–Trinajstić information content (AvgIpc) is 3.00. The van der Waals surface area contributed by atoms with Gasteiger partial charge in [0.25, 0.3) is 0 Å². The first-order valence-corrected chi connectivity index (χ1v) is 7.04. The molecule has 0 aliphatic carbocycles. The van der Waals surface area contributed by atoms with Crippen LogP contribution in [0.4, 0.5) is 16.3 Å². The number of aromatic nitrogens is 5. The van der Waals surface area contributed by atoms with Gasteiger partial charge in [0.05, 0.1) is 30.5 Å². The standard InChI is InChI=1S/C13H14N8O2/c1-15-13(22)23-8-4-20(5-8)11-12-19-17-6-21(12)9-2-7(14)3-16-10(9)18-11/h2-3,6,8H,4-5,14H2,1H3,(H,15,22). The Morgan fingerprint density at radius 1 is 1.48 bits per heavy atom. The molecule has 0 spiro atoms. The molecule has 3 N–H and O–H groups in total. The predicted octanol–water partition coefficient (Wildman–Crippen LogP) is -0.201. The van der Waals surface area contributed by atoms with Crippen molar-refractivity contribution in [2.45, 2.75) is 6.10 Å². The Morgan fingerprint density at radius 2 is 2.30 bits per heavy atom. The number of pyridine rings is 1. The normalized spacial score (nSPS) is 14.9. The van der Waals surface area contributed by atoms with Crippen molar-refractivity contribution in [3.05, 3.63) is 18.6 Å². The summed E-state index contributed by atoms with van der Waals surface area (Å²) in [6.07, 6.45) is 2.55. The molecule has 4 rings (SSSR count). The number of nitrogens with two attached hydrogens (primary N) is 1. The number of ether oxygens (including phenoxy) is 1. The van der Waals surface area contributed by atoms with E-state index in [0.717, 1.165) is 5.52 Å². The highest BCUT2D eigenvalue weighted by Gasteiger charge is 2.33. The fourth-order valence-corrected chi connectivity index (χ4v) is 2.55. The molecular formula is C13H14N8O2. The van der Waals surface area contributed by atoms with Crippen LogP contribution in [0, 0.1) is 0 Å². The summed E-state index contributed by atoms with van der Waals surface area (Å²) in [6.45, 7) is 1.09. The first kappa shape index (κ1) is 13.5. The Balaban J connectivity index is 1.69. The molecule has 1 saturated heterocycles. The molecule has 0 bridgehead atoms. The lowest BCUT2D eigenvalue weighted by molar-refractivity contribution is 0.0824. The number of carbonyl (C=O) groups is 1. The van der Waals surface area contributed by atoms with Crippen molar-refractivity contribution in [1.29, 1.82) is 0 Å². The van der Waals surface area contributed by atoms with Gasteiger partial charge >= 0.3 is 6.09 Å². The minimum atomic E-state index is -0.439. The van der Waals surface area contributed by atoms with Crippen LogP contribution in [0.25, 0.3) is 16.8 Å². The lowest BCUT2D eigenvalue weighted by Gasteiger charge is -2.38. The van der Waals surface area contributed by atoms with Crippen molar-refractivity contribution in [2.75, 3.05) is 30.8 Å².